The first-order valence-corrected chi connectivity index (χ1v) is 8.30. The van der Waals surface area contributed by atoms with Gasteiger partial charge in [-0.3, -0.25) is 4.79 Å². The summed E-state index contributed by atoms with van der Waals surface area (Å²) in [7, 11) is 3.95. The van der Waals surface area contributed by atoms with Crippen LogP contribution in [0.15, 0.2) is 23.8 Å². The molecule has 0 saturated carbocycles. The topological polar surface area (TPSA) is 49.3 Å². The van der Waals surface area contributed by atoms with Gasteiger partial charge in [-0.1, -0.05) is 0 Å². The molecule has 1 unspecified atom stereocenters. The number of aromatic nitrogens is 2. The Hall–Kier alpha value is -1.95. The molecule has 3 heterocycles. The summed E-state index contributed by atoms with van der Waals surface area (Å²) in [5.41, 5.74) is 3.72. The second kappa shape index (κ2) is 6.04. The lowest BCUT2D eigenvalue weighted by Gasteiger charge is -2.25. The van der Waals surface area contributed by atoms with Crippen LogP contribution in [-0.2, 0) is 0 Å². The predicted molar refractivity (Wildman–Crippen MR) is 88.4 cm³/mol. The third kappa shape index (κ3) is 2.70. The quantitative estimate of drug-likeness (QED) is 0.873. The average Bonchev–Trinajstić information content (AvgIpc) is 3.15. The number of aryl methyl sites for hydroxylation is 1. The summed E-state index contributed by atoms with van der Waals surface area (Å²) in [5, 5.41) is 0. The Kier molecular flexibility index (Phi) is 4.11. The summed E-state index contributed by atoms with van der Waals surface area (Å²) in [6, 6.07) is 4.23. The van der Waals surface area contributed by atoms with Gasteiger partial charge in [0.1, 0.15) is 10.7 Å². The van der Waals surface area contributed by atoms with Gasteiger partial charge < -0.3 is 9.80 Å². The highest BCUT2D eigenvalue weighted by Crippen LogP contribution is 2.34. The molecule has 1 atom stereocenters. The van der Waals surface area contributed by atoms with E-state index in [1.165, 1.54) is 11.3 Å². The molecule has 22 heavy (non-hydrogen) atoms. The van der Waals surface area contributed by atoms with E-state index in [-0.39, 0.29) is 11.9 Å². The zero-order valence-corrected chi connectivity index (χ0v) is 13.9. The molecule has 5 nitrogen and oxygen atoms in total. The minimum atomic E-state index is 0.103. The number of amides is 1. The Balaban J connectivity index is 1.89. The first-order valence-electron chi connectivity index (χ1n) is 7.42. The zero-order chi connectivity index (χ0) is 15.7. The number of nitrogens with zero attached hydrogens (tertiary/aromatic N) is 4. The van der Waals surface area contributed by atoms with Crippen LogP contribution >= 0.6 is 11.3 Å². The molecule has 1 aliphatic heterocycles. The standard InChI is InChI=1S/C16H20N4OS/c1-11-15(22-10-18-11)16(21)20-8-4-5-13(20)12-6-7-17-14(9-12)19(2)3/h6-7,9-10,13H,4-5,8H2,1-3H3. The Labute approximate surface area is 134 Å². The maximum atomic E-state index is 12.8. The fraction of sp³-hybridized carbons (Fsp3) is 0.438. The Morgan fingerprint density at radius 1 is 1.41 bits per heavy atom. The molecule has 2 aromatic heterocycles. The molecule has 3 rings (SSSR count). The second-order valence-corrected chi connectivity index (χ2v) is 6.62. The van der Waals surface area contributed by atoms with E-state index in [1.807, 2.05) is 43.1 Å². The highest BCUT2D eigenvalue weighted by atomic mass is 32.1. The van der Waals surface area contributed by atoms with Crippen LogP contribution in [0, 0.1) is 6.92 Å². The molecular formula is C16H20N4OS. The van der Waals surface area contributed by atoms with Crippen molar-refractivity contribution in [1.82, 2.24) is 14.9 Å². The van der Waals surface area contributed by atoms with Crippen molar-refractivity contribution in [3.63, 3.8) is 0 Å². The number of thiazole rings is 1. The van der Waals surface area contributed by atoms with Gasteiger partial charge in [0.05, 0.1) is 17.2 Å². The lowest BCUT2D eigenvalue weighted by Crippen LogP contribution is -2.30. The maximum absolute atomic E-state index is 12.8. The normalized spacial score (nSPS) is 17.8. The fourth-order valence-electron chi connectivity index (χ4n) is 2.88. The van der Waals surface area contributed by atoms with Crippen molar-refractivity contribution in [3.8, 4) is 0 Å². The van der Waals surface area contributed by atoms with Crippen LogP contribution in [0.3, 0.4) is 0 Å². The van der Waals surface area contributed by atoms with Gasteiger partial charge in [0, 0.05) is 26.8 Å². The summed E-state index contributed by atoms with van der Waals surface area (Å²) in [4.78, 5) is 26.1. The lowest BCUT2D eigenvalue weighted by atomic mass is 10.1. The molecule has 116 valence electrons. The van der Waals surface area contributed by atoms with Gasteiger partial charge in [-0.05, 0) is 37.5 Å². The molecule has 1 aliphatic rings. The lowest BCUT2D eigenvalue weighted by molar-refractivity contribution is 0.0739. The summed E-state index contributed by atoms with van der Waals surface area (Å²) in [6.07, 6.45) is 3.86. The van der Waals surface area contributed by atoms with Gasteiger partial charge in [-0.2, -0.15) is 0 Å². The highest BCUT2D eigenvalue weighted by molar-refractivity contribution is 7.11. The summed E-state index contributed by atoms with van der Waals surface area (Å²) < 4.78 is 0. The zero-order valence-electron chi connectivity index (χ0n) is 13.1. The number of hydrogen-bond donors (Lipinski definition) is 0. The van der Waals surface area contributed by atoms with Crippen LogP contribution in [0.1, 0.15) is 39.8 Å². The largest absolute Gasteiger partial charge is 0.363 e. The number of pyridine rings is 1. The number of likely N-dealkylation sites (tertiary alicyclic amines) is 1. The van der Waals surface area contributed by atoms with E-state index in [2.05, 4.69) is 16.0 Å². The van der Waals surface area contributed by atoms with E-state index in [0.29, 0.717) is 0 Å². The Morgan fingerprint density at radius 2 is 2.23 bits per heavy atom. The number of carbonyl (C=O) groups is 1. The molecule has 1 fully saturated rings. The molecule has 1 amide bonds. The third-order valence-corrected chi connectivity index (χ3v) is 4.98. The minimum absolute atomic E-state index is 0.103. The second-order valence-electron chi connectivity index (χ2n) is 5.77. The van der Waals surface area contributed by atoms with Crippen molar-refractivity contribution < 1.29 is 4.79 Å². The van der Waals surface area contributed by atoms with Gasteiger partial charge >= 0.3 is 0 Å². The van der Waals surface area contributed by atoms with Crippen molar-refractivity contribution in [1.29, 1.82) is 0 Å². The van der Waals surface area contributed by atoms with Crippen molar-refractivity contribution in [3.05, 3.63) is 40.0 Å². The van der Waals surface area contributed by atoms with Crippen LogP contribution in [0.5, 0.6) is 0 Å². The van der Waals surface area contributed by atoms with Crippen molar-refractivity contribution in [2.75, 3.05) is 25.5 Å². The van der Waals surface area contributed by atoms with Gasteiger partial charge in [-0.25, -0.2) is 9.97 Å². The molecule has 0 radical (unpaired) electrons. The third-order valence-electron chi connectivity index (χ3n) is 4.07. The first kappa shape index (κ1) is 15.0. The molecule has 1 saturated heterocycles. The highest BCUT2D eigenvalue weighted by Gasteiger charge is 2.32. The van der Waals surface area contributed by atoms with E-state index in [9.17, 15) is 4.79 Å². The Bertz CT molecular complexity index is 682. The molecule has 6 heteroatoms. The SMILES string of the molecule is Cc1ncsc1C(=O)N1CCCC1c1ccnc(N(C)C)c1. The van der Waals surface area contributed by atoms with Crippen LogP contribution < -0.4 is 4.90 Å². The van der Waals surface area contributed by atoms with Gasteiger partial charge in [-0.15, -0.1) is 11.3 Å². The molecule has 2 aromatic rings. The first-order chi connectivity index (χ1) is 10.6. The van der Waals surface area contributed by atoms with E-state index in [4.69, 9.17) is 0 Å². The average molecular weight is 316 g/mol. The van der Waals surface area contributed by atoms with Crippen molar-refractivity contribution in [2.45, 2.75) is 25.8 Å². The summed E-state index contributed by atoms with van der Waals surface area (Å²) in [6.45, 7) is 2.70. The van der Waals surface area contributed by atoms with Crippen molar-refractivity contribution in [2.24, 2.45) is 0 Å². The summed E-state index contributed by atoms with van der Waals surface area (Å²) >= 11 is 1.43. The number of carbonyl (C=O) groups excluding carboxylic acids is 1. The smallest absolute Gasteiger partial charge is 0.266 e. The molecule has 0 bridgehead atoms. The number of anilines is 1. The fourth-order valence-corrected chi connectivity index (χ4v) is 3.64. The summed E-state index contributed by atoms with van der Waals surface area (Å²) in [5.74, 6) is 1.02. The van der Waals surface area contributed by atoms with E-state index in [0.717, 1.165) is 41.3 Å². The molecule has 0 N–H and O–H groups in total. The van der Waals surface area contributed by atoms with Gasteiger partial charge in [0.15, 0.2) is 0 Å². The van der Waals surface area contributed by atoms with Crippen LogP contribution in [0.4, 0.5) is 5.82 Å². The molecular weight excluding hydrogens is 296 g/mol. The minimum Gasteiger partial charge on any atom is -0.363 e. The van der Waals surface area contributed by atoms with Crippen molar-refractivity contribution >= 4 is 23.1 Å². The van der Waals surface area contributed by atoms with E-state index < -0.39 is 0 Å². The van der Waals surface area contributed by atoms with E-state index in [1.54, 1.807) is 5.51 Å². The molecule has 0 spiro atoms. The maximum Gasteiger partial charge on any atom is 0.266 e. The van der Waals surface area contributed by atoms with Crippen LogP contribution in [-0.4, -0.2) is 41.4 Å². The monoisotopic (exact) mass is 316 g/mol. The Morgan fingerprint density at radius 3 is 2.91 bits per heavy atom. The van der Waals surface area contributed by atoms with Gasteiger partial charge in [0.25, 0.3) is 5.91 Å². The van der Waals surface area contributed by atoms with E-state index >= 15 is 0 Å². The number of rotatable bonds is 3. The van der Waals surface area contributed by atoms with Crippen LogP contribution in [0.25, 0.3) is 0 Å². The predicted octanol–water partition coefficient (Wildman–Crippen LogP) is 2.89. The molecule has 0 aromatic carbocycles. The molecule has 0 aliphatic carbocycles. The van der Waals surface area contributed by atoms with Gasteiger partial charge in [0.2, 0.25) is 0 Å². The number of hydrogen-bond acceptors (Lipinski definition) is 5. The van der Waals surface area contributed by atoms with Crippen LogP contribution in [0.2, 0.25) is 0 Å².